The molecular weight excluding hydrogens is 302 g/mol. The zero-order valence-electron chi connectivity index (χ0n) is 15.1. The van der Waals surface area contributed by atoms with Crippen molar-refractivity contribution < 1.29 is 13.9 Å². The van der Waals surface area contributed by atoms with Crippen LogP contribution in [0, 0.1) is 6.92 Å². The summed E-state index contributed by atoms with van der Waals surface area (Å²) in [7, 11) is 1.36. The van der Waals surface area contributed by atoms with E-state index in [4.69, 9.17) is 9.15 Å². The number of aryl methyl sites for hydroxylation is 1. The van der Waals surface area contributed by atoms with E-state index in [1.165, 1.54) is 23.9 Å². The Kier molecular flexibility index (Phi) is 4.16. The second-order valence-electron chi connectivity index (χ2n) is 7.32. The van der Waals surface area contributed by atoms with Gasteiger partial charge < -0.3 is 14.1 Å². The zero-order valence-corrected chi connectivity index (χ0v) is 15.1. The van der Waals surface area contributed by atoms with Crippen LogP contribution in [-0.2, 0) is 11.3 Å². The number of methoxy groups -OCH3 is 1. The van der Waals surface area contributed by atoms with Crippen molar-refractivity contribution in [2.45, 2.75) is 52.1 Å². The van der Waals surface area contributed by atoms with E-state index in [1.54, 1.807) is 6.07 Å². The van der Waals surface area contributed by atoms with Crippen molar-refractivity contribution in [2.75, 3.05) is 12.0 Å². The zero-order chi connectivity index (χ0) is 17.5. The van der Waals surface area contributed by atoms with Gasteiger partial charge in [-0.05, 0) is 62.4 Å². The number of fused-ring (bicyclic) bond motifs is 1. The average Bonchev–Trinajstić information content (AvgIpc) is 2.98. The molecule has 1 aliphatic heterocycles. The molecule has 4 nitrogen and oxygen atoms in total. The first-order valence-corrected chi connectivity index (χ1v) is 8.37. The number of hydrogen-bond acceptors (Lipinski definition) is 4. The summed E-state index contributed by atoms with van der Waals surface area (Å²) in [6.07, 6.45) is 1.08. The summed E-state index contributed by atoms with van der Waals surface area (Å²) < 4.78 is 10.4. The van der Waals surface area contributed by atoms with Gasteiger partial charge >= 0.3 is 5.97 Å². The molecule has 2 heterocycles. The number of furan rings is 1. The molecule has 24 heavy (non-hydrogen) atoms. The average molecular weight is 327 g/mol. The number of nitrogens with zero attached hydrogens (tertiary/aromatic N) is 1. The predicted molar refractivity (Wildman–Crippen MR) is 94.5 cm³/mol. The normalized spacial score (nSPS) is 19.0. The van der Waals surface area contributed by atoms with E-state index in [0.29, 0.717) is 12.5 Å². The Balaban J connectivity index is 1.96. The van der Waals surface area contributed by atoms with Crippen molar-refractivity contribution in [1.82, 2.24) is 0 Å². The molecular formula is C20H25NO3. The highest BCUT2D eigenvalue weighted by Crippen LogP contribution is 2.44. The molecule has 128 valence electrons. The fourth-order valence-electron chi connectivity index (χ4n) is 3.73. The summed E-state index contributed by atoms with van der Waals surface area (Å²) in [5.74, 6) is 1.10. The first kappa shape index (κ1) is 16.6. The van der Waals surface area contributed by atoms with Crippen molar-refractivity contribution in [1.29, 1.82) is 0 Å². The predicted octanol–water partition coefficient (Wildman–Crippen LogP) is 4.67. The number of hydrogen-bond donors (Lipinski definition) is 0. The Morgan fingerprint density at radius 2 is 2.08 bits per heavy atom. The molecule has 0 N–H and O–H groups in total. The molecule has 0 saturated carbocycles. The second kappa shape index (κ2) is 6.00. The molecule has 1 unspecified atom stereocenters. The van der Waals surface area contributed by atoms with Crippen LogP contribution in [-0.4, -0.2) is 18.6 Å². The summed E-state index contributed by atoms with van der Waals surface area (Å²) in [6.45, 7) is 9.56. The summed E-state index contributed by atoms with van der Waals surface area (Å²) >= 11 is 0. The highest BCUT2D eigenvalue weighted by Gasteiger charge is 2.36. The van der Waals surface area contributed by atoms with E-state index >= 15 is 0 Å². The fourth-order valence-corrected chi connectivity index (χ4v) is 3.73. The van der Waals surface area contributed by atoms with Gasteiger partial charge in [-0.25, -0.2) is 4.79 Å². The van der Waals surface area contributed by atoms with Gasteiger partial charge in [0, 0.05) is 11.2 Å². The van der Waals surface area contributed by atoms with Gasteiger partial charge in [-0.3, -0.25) is 0 Å². The van der Waals surface area contributed by atoms with Crippen LogP contribution in [0.3, 0.4) is 0 Å². The second-order valence-corrected chi connectivity index (χ2v) is 7.32. The van der Waals surface area contributed by atoms with Crippen molar-refractivity contribution in [3.8, 4) is 0 Å². The lowest BCUT2D eigenvalue weighted by molar-refractivity contribution is 0.0563. The van der Waals surface area contributed by atoms with Crippen molar-refractivity contribution in [3.05, 3.63) is 53.0 Å². The molecule has 1 aliphatic rings. The molecule has 0 fully saturated rings. The third-order valence-electron chi connectivity index (χ3n) is 4.91. The number of ether oxygens (including phenoxy) is 1. The lowest BCUT2D eigenvalue weighted by Gasteiger charge is -2.47. The van der Waals surface area contributed by atoms with E-state index in [1.807, 2.05) is 6.07 Å². The number of carbonyl (C=O) groups is 1. The summed E-state index contributed by atoms with van der Waals surface area (Å²) in [4.78, 5) is 14.0. The maximum absolute atomic E-state index is 11.6. The van der Waals surface area contributed by atoms with Crippen LogP contribution in [0.25, 0.3) is 0 Å². The first-order chi connectivity index (χ1) is 11.3. The highest BCUT2D eigenvalue weighted by atomic mass is 16.5. The monoisotopic (exact) mass is 327 g/mol. The van der Waals surface area contributed by atoms with Crippen LogP contribution in [0.15, 0.2) is 34.7 Å². The number of benzene rings is 1. The third kappa shape index (κ3) is 2.93. The molecule has 3 rings (SSSR count). The maximum atomic E-state index is 11.6. The van der Waals surface area contributed by atoms with Crippen molar-refractivity contribution >= 4 is 11.7 Å². The van der Waals surface area contributed by atoms with E-state index in [-0.39, 0.29) is 11.3 Å². The van der Waals surface area contributed by atoms with E-state index < -0.39 is 5.97 Å². The van der Waals surface area contributed by atoms with Gasteiger partial charge in [0.2, 0.25) is 5.76 Å². The summed E-state index contributed by atoms with van der Waals surface area (Å²) in [5, 5.41) is 0. The lowest BCUT2D eigenvalue weighted by Crippen LogP contribution is -2.47. The van der Waals surface area contributed by atoms with Gasteiger partial charge in [-0.15, -0.1) is 0 Å². The number of rotatable bonds is 3. The quantitative estimate of drug-likeness (QED) is 0.769. The fraction of sp³-hybridized carbons (Fsp3) is 0.450. The Morgan fingerprint density at radius 1 is 1.33 bits per heavy atom. The highest BCUT2D eigenvalue weighted by molar-refractivity contribution is 5.86. The molecule has 0 bridgehead atoms. The Bertz CT molecular complexity index is 760. The molecule has 1 atom stereocenters. The topological polar surface area (TPSA) is 42.7 Å². The minimum absolute atomic E-state index is 0.0123. The largest absolute Gasteiger partial charge is 0.463 e. The van der Waals surface area contributed by atoms with Gasteiger partial charge in [0.25, 0.3) is 0 Å². The molecule has 2 aromatic rings. The van der Waals surface area contributed by atoms with Crippen LogP contribution < -0.4 is 4.90 Å². The van der Waals surface area contributed by atoms with Crippen LogP contribution in [0.4, 0.5) is 5.69 Å². The number of esters is 1. The number of anilines is 1. The van der Waals surface area contributed by atoms with E-state index in [9.17, 15) is 4.79 Å². The molecule has 0 saturated heterocycles. The minimum atomic E-state index is -0.441. The van der Waals surface area contributed by atoms with Gasteiger partial charge in [-0.2, -0.15) is 0 Å². The molecule has 1 aromatic carbocycles. The SMILES string of the molecule is COC(=O)c1ccc(CN2c3cc(C)ccc3C(C)CC2(C)C)o1. The first-order valence-electron chi connectivity index (χ1n) is 8.37. The standard InChI is InChI=1S/C20H25NO3/c1-13-6-8-16-14(2)11-20(3,4)21(17(16)10-13)12-15-7-9-18(24-15)19(22)23-5/h6-10,14H,11-12H2,1-5H3. The Hall–Kier alpha value is -2.23. The van der Waals surface area contributed by atoms with E-state index in [0.717, 1.165) is 12.2 Å². The molecule has 0 amide bonds. The van der Waals surface area contributed by atoms with Crippen LogP contribution >= 0.6 is 0 Å². The molecule has 4 heteroatoms. The van der Waals surface area contributed by atoms with Gasteiger partial charge in [0.05, 0.1) is 13.7 Å². The molecule has 0 aliphatic carbocycles. The van der Waals surface area contributed by atoms with Crippen molar-refractivity contribution in [2.24, 2.45) is 0 Å². The molecule has 1 aromatic heterocycles. The Morgan fingerprint density at radius 3 is 2.79 bits per heavy atom. The van der Waals surface area contributed by atoms with Gasteiger partial charge in [0.1, 0.15) is 5.76 Å². The van der Waals surface area contributed by atoms with Crippen LogP contribution in [0.5, 0.6) is 0 Å². The summed E-state index contributed by atoms with van der Waals surface area (Å²) in [5.41, 5.74) is 3.89. The van der Waals surface area contributed by atoms with Gasteiger partial charge in [-0.1, -0.05) is 19.1 Å². The minimum Gasteiger partial charge on any atom is -0.463 e. The molecule has 0 spiro atoms. The summed E-state index contributed by atoms with van der Waals surface area (Å²) in [6, 6.07) is 10.2. The Labute approximate surface area is 143 Å². The van der Waals surface area contributed by atoms with Crippen LogP contribution in [0.2, 0.25) is 0 Å². The van der Waals surface area contributed by atoms with Crippen molar-refractivity contribution in [3.63, 3.8) is 0 Å². The maximum Gasteiger partial charge on any atom is 0.373 e. The number of carbonyl (C=O) groups excluding carboxylic acids is 1. The smallest absolute Gasteiger partial charge is 0.373 e. The third-order valence-corrected chi connectivity index (χ3v) is 4.91. The van der Waals surface area contributed by atoms with Gasteiger partial charge in [0.15, 0.2) is 0 Å². The molecule has 0 radical (unpaired) electrons. The van der Waals surface area contributed by atoms with Crippen LogP contribution in [0.1, 0.15) is 60.6 Å². The van der Waals surface area contributed by atoms with E-state index in [2.05, 4.69) is 50.8 Å². The lowest BCUT2D eigenvalue weighted by atomic mass is 9.79.